The Balaban J connectivity index is 1.74. The molecule has 1 amide bonds. The maximum Gasteiger partial charge on any atom is 0.234 e. The number of rotatable bonds is 8. The molecule has 3 rings (SSSR count). The number of aromatic nitrogens is 3. The summed E-state index contributed by atoms with van der Waals surface area (Å²) in [5.41, 5.74) is 3.86. The number of nitrogens with zero attached hydrogens (tertiary/aromatic N) is 3. The Labute approximate surface area is 185 Å². The van der Waals surface area contributed by atoms with Crippen molar-refractivity contribution in [3.05, 3.63) is 41.5 Å². The van der Waals surface area contributed by atoms with Gasteiger partial charge in [-0.05, 0) is 49.2 Å². The molecule has 31 heavy (non-hydrogen) atoms. The summed E-state index contributed by atoms with van der Waals surface area (Å²) in [6, 6.07) is 9.47. The van der Waals surface area contributed by atoms with E-state index in [1.165, 1.54) is 17.3 Å². The Morgan fingerprint density at radius 3 is 2.26 bits per heavy atom. The second kappa shape index (κ2) is 9.74. The average molecular weight is 443 g/mol. The van der Waals surface area contributed by atoms with Crippen molar-refractivity contribution in [1.29, 1.82) is 0 Å². The zero-order valence-corrected chi connectivity index (χ0v) is 19.3. The first-order valence-electron chi connectivity index (χ1n) is 9.57. The van der Waals surface area contributed by atoms with E-state index in [4.69, 9.17) is 14.2 Å². The van der Waals surface area contributed by atoms with Crippen molar-refractivity contribution < 1.29 is 19.0 Å². The van der Waals surface area contributed by atoms with Gasteiger partial charge < -0.3 is 24.1 Å². The summed E-state index contributed by atoms with van der Waals surface area (Å²) >= 11 is 1.31. The van der Waals surface area contributed by atoms with Gasteiger partial charge in [0.15, 0.2) is 22.5 Å². The maximum absolute atomic E-state index is 12.4. The highest BCUT2D eigenvalue weighted by Crippen LogP contribution is 2.41. The van der Waals surface area contributed by atoms with E-state index < -0.39 is 0 Å². The van der Waals surface area contributed by atoms with Gasteiger partial charge in [-0.15, -0.1) is 10.2 Å². The Kier molecular flexibility index (Phi) is 7.06. The number of aryl methyl sites for hydroxylation is 2. The van der Waals surface area contributed by atoms with Crippen molar-refractivity contribution in [1.82, 2.24) is 14.8 Å². The smallest absolute Gasteiger partial charge is 0.234 e. The van der Waals surface area contributed by atoms with Crippen molar-refractivity contribution in [2.24, 2.45) is 7.05 Å². The molecule has 0 unspecified atom stereocenters. The minimum atomic E-state index is -0.106. The third-order valence-corrected chi connectivity index (χ3v) is 5.90. The Bertz CT molecular complexity index is 1070. The SMILES string of the molecule is COc1cc(-c2nnc(SCC(=O)Nc3ccc(C)c(C)c3)n2C)cc(OC)c1OC. The minimum absolute atomic E-state index is 0.106. The molecule has 3 aromatic rings. The van der Waals surface area contributed by atoms with Crippen LogP contribution in [0.4, 0.5) is 5.69 Å². The normalized spacial score (nSPS) is 10.6. The van der Waals surface area contributed by atoms with Gasteiger partial charge in [-0.25, -0.2) is 0 Å². The standard InChI is InChI=1S/C22H26N4O4S/c1-13-7-8-16(9-14(13)2)23-19(27)12-31-22-25-24-21(26(22)3)15-10-17(28-4)20(30-6)18(11-15)29-5/h7-11H,12H2,1-6H3,(H,23,27). The highest BCUT2D eigenvalue weighted by molar-refractivity contribution is 7.99. The third-order valence-electron chi connectivity index (χ3n) is 4.88. The minimum Gasteiger partial charge on any atom is -0.493 e. The molecule has 0 aliphatic heterocycles. The Morgan fingerprint density at radius 1 is 1.00 bits per heavy atom. The van der Waals surface area contributed by atoms with E-state index in [2.05, 4.69) is 15.5 Å². The summed E-state index contributed by atoms with van der Waals surface area (Å²) in [7, 11) is 6.53. The van der Waals surface area contributed by atoms with E-state index in [0.717, 1.165) is 16.8 Å². The number of hydrogen-bond acceptors (Lipinski definition) is 7. The molecule has 0 atom stereocenters. The molecular formula is C22H26N4O4S. The zero-order chi connectivity index (χ0) is 22.5. The lowest BCUT2D eigenvalue weighted by molar-refractivity contribution is -0.113. The summed E-state index contributed by atoms with van der Waals surface area (Å²) in [6.07, 6.45) is 0. The van der Waals surface area contributed by atoms with Gasteiger partial charge in [-0.1, -0.05) is 17.8 Å². The van der Waals surface area contributed by atoms with Crippen molar-refractivity contribution in [2.45, 2.75) is 19.0 Å². The van der Waals surface area contributed by atoms with Gasteiger partial charge in [-0.2, -0.15) is 0 Å². The van der Waals surface area contributed by atoms with Crippen molar-refractivity contribution in [3.63, 3.8) is 0 Å². The lowest BCUT2D eigenvalue weighted by atomic mass is 10.1. The quantitative estimate of drug-likeness (QED) is 0.530. The van der Waals surface area contributed by atoms with Crippen LogP contribution in [0.1, 0.15) is 11.1 Å². The van der Waals surface area contributed by atoms with Gasteiger partial charge in [0.1, 0.15) is 0 Å². The first-order chi connectivity index (χ1) is 14.9. The third kappa shape index (κ3) is 4.93. The predicted octanol–water partition coefficient (Wildman–Crippen LogP) is 3.86. The molecule has 0 aliphatic carbocycles. The fraction of sp³-hybridized carbons (Fsp3) is 0.318. The van der Waals surface area contributed by atoms with Crippen LogP contribution in [0.5, 0.6) is 17.2 Å². The fourth-order valence-corrected chi connectivity index (χ4v) is 3.76. The van der Waals surface area contributed by atoms with Crippen LogP contribution in [0.3, 0.4) is 0 Å². The predicted molar refractivity (Wildman–Crippen MR) is 121 cm³/mol. The van der Waals surface area contributed by atoms with Gasteiger partial charge in [-0.3, -0.25) is 4.79 Å². The maximum atomic E-state index is 12.4. The molecule has 0 aliphatic rings. The number of carbonyl (C=O) groups excluding carboxylic acids is 1. The Hall–Kier alpha value is -3.20. The summed E-state index contributed by atoms with van der Waals surface area (Å²) in [4.78, 5) is 12.4. The van der Waals surface area contributed by atoms with Gasteiger partial charge in [0.05, 0.1) is 27.1 Å². The van der Waals surface area contributed by atoms with Gasteiger partial charge >= 0.3 is 0 Å². The molecular weight excluding hydrogens is 416 g/mol. The molecule has 1 N–H and O–H groups in total. The second-order valence-corrected chi connectivity index (χ2v) is 7.86. The van der Waals surface area contributed by atoms with Crippen molar-refractivity contribution in [3.8, 4) is 28.6 Å². The summed E-state index contributed by atoms with van der Waals surface area (Å²) in [5, 5.41) is 12.1. The second-order valence-electron chi connectivity index (χ2n) is 6.92. The van der Waals surface area contributed by atoms with Crippen LogP contribution >= 0.6 is 11.8 Å². The summed E-state index contributed by atoms with van der Waals surface area (Å²) < 4.78 is 18.0. The monoisotopic (exact) mass is 442 g/mol. The first-order valence-corrected chi connectivity index (χ1v) is 10.6. The lowest BCUT2D eigenvalue weighted by Crippen LogP contribution is -2.14. The van der Waals surface area contributed by atoms with E-state index in [1.54, 1.807) is 21.3 Å². The molecule has 9 heteroatoms. The number of amides is 1. The topological polar surface area (TPSA) is 87.5 Å². The molecule has 0 fully saturated rings. The molecule has 8 nitrogen and oxygen atoms in total. The first kappa shape index (κ1) is 22.5. The van der Waals surface area contributed by atoms with Crippen LogP contribution in [0.2, 0.25) is 0 Å². The van der Waals surface area contributed by atoms with Crippen molar-refractivity contribution >= 4 is 23.4 Å². The summed E-state index contributed by atoms with van der Waals surface area (Å²) in [6.45, 7) is 4.06. The van der Waals surface area contributed by atoms with Crippen LogP contribution in [-0.4, -0.2) is 47.8 Å². The molecule has 1 aromatic heterocycles. The van der Waals surface area contributed by atoms with Crippen LogP contribution < -0.4 is 19.5 Å². The summed E-state index contributed by atoms with van der Waals surface area (Å²) in [5.74, 6) is 2.30. The molecule has 0 radical (unpaired) electrons. The number of anilines is 1. The van der Waals surface area contributed by atoms with Gasteiger partial charge in [0, 0.05) is 18.3 Å². The highest BCUT2D eigenvalue weighted by Gasteiger charge is 2.18. The number of methoxy groups -OCH3 is 3. The number of ether oxygens (including phenoxy) is 3. The average Bonchev–Trinajstić information content (AvgIpc) is 3.14. The number of thioether (sulfide) groups is 1. The Morgan fingerprint density at radius 2 is 1.68 bits per heavy atom. The van der Waals surface area contributed by atoms with Crippen LogP contribution in [0.15, 0.2) is 35.5 Å². The van der Waals surface area contributed by atoms with E-state index in [-0.39, 0.29) is 11.7 Å². The lowest BCUT2D eigenvalue weighted by Gasteiger charge is -2.14. The van der Waals surface area contributed by atoms with E-state index in [0.29, 0.717) is 28.2 Å². The van der Waals surface area contributed by atoms with Gasteiger partial charge in [0.25, 0.3) is 0 Å². The number of nitrogens with one attached hydrogen (secondary N) is 1. The largest absolute Gasteiger partial charge is 0.493 e. The van der Waals surface area contributed by atoms with Crippen molar-refractivity contribution in [2.75, 3.05) is 32.4 Å². The number of benzene rings is 2. The zero-order valence-electron chi connectivity index (χ0n) is 18.5. The van der Waals surface area contributed by atoms with E-state index in [9.17, 15) is 4.79 Å². The van der Waals surface area contributed by atoms with Crippen LogP contribution in [-0.2, 0) is 11.8 Å². The molecule has 164 valence electrons. The molecule has 0 saturated heterocycles. The van der Waals surface area contributed by atoms with Crippen LogP contribution in [0.25, 0.3) is 11.4 Å². The molecule has 1 heterocycles. The fourth-order valence-electron chi connectivity index (χ4n) is 3.05. The number of hydrogen-bond donors (Lipinski definition) is 1. The van der Waals surface area contributed by atoms with E-state index >= 15 is 0 Å². The molecule has 0 bridgehead atoms. The molecule has 2 aromatic carbocycles. The van der Waals surface area contributed by atoms with E-state index in [1.807, 2.05) is 55.8 Å². The highest BCUT2D eigenvalue weighted by atomic mass is 32.2. The molecule has 0 saturated carbocycles. The van der Waals surface area contributed by atoms with Crippen LogP contribution in [0, 0.1) is 13.8 Å². The number of carbonyl (C=O) groups is 1. The van der Waals surface area contributed by atoms with Gasteiger partial charge in [0.2, 0.25) is 11.7 Å². The molecule has 0 spiro atoms.